The molecule has 0 saturated heterocycles. The molecule has 10 heteroatoms. The first-order valence-corrected chi connectivity index (χ1v) is 14.1. The number of allylic oxidation sites excluding steroid dienone is 1. The molecule has 0 aliphatic carbocycles. The lowest BCUT2D eigenvalue weighted by Gasteiger charge is -2.25. The maximum Gasteiger partial charge on any atom is 0.344 e. The Labute approximate surface area is 246 Å². The van der Waals surface area contributed by atoms with Crippen LogP contribution < -0.4 is 29.7 Å². The highest BCUT2D eigenvalue weighted by Crippen LogP contribution is 2.32. The van der Waals surface area contributed by atoms with Crippen LogP contribution in [0.3, 0.4) is 0 Å². The molecule has 0 radical (unpaired) electrons. The van der Waals surface area contributed by atoms with Crippen molar-refractivity contribution < 1.29 is 23.8 Å². The molecular formula is C32H29N3O6S. The number of nitrogens with one attached hydrogen (secondary N) is 1. The summed E-state index contributed by atoms with van der Waals surface area (Å²) >= 11 is 1.25. The summed E-state index contributed by atoms with van der Waals surface area (Å²) in [6.45, 7) is 3.61. The second-order valence-electron chi connectivity index (χ2n) is 9.34. The number of methoxy groups -OCH3 is 1. The van der Waals surface area contributed by atoms with E-state index in [2.05, 4.69) is 10.3 Å². The van der Waals surface area contributed by atoms with Crippen LogP contribution in [0.15, 0.2) is 99.9 Å². The monoisotopic (exact) mass is 583 g/mol. The lowest BCUT2D eigenvalue weighted by atomic mass is 9.95. The molecule has 3 aromatic carbocycles. The fourth-order valence-corrected chi connectivity index (χ4v) is 5.66. The van der Waals surface area contributed by atoms with E-state index in [0.717, 1.165) is 11.1 Å². The number of nitrogens with zero attached hydrogens (tertiary/aromatic N) is 2. The molecule has 1 aliphatic heterocycles. The summed E-state index contributed by atoms with van der Waals surface area (Å²) in [5.74, 6) is 0.324. The number of fused-ring (bicyclic) bond motifs is 1. The summed E-state index contributed by atoms with van der Waals surface area (Å²) in [5.41, 5.74) is 2.74. The minimum Gasteiger partial charge on any atom is -0.497 e. The van der Waals surface area contributed by atoms with E-state index >= 15 is 0 Å². The van der Waals surface area contributed by atoms with Gasteiger partial charge in [-0.2, -0.15) is 0 Å². The molecule has 4 aromatic rings. The topological polar surface area (TPSA) is 108 Å². The van der Waals surface area contributed by atoms with Crippen molar-refractivity contribution in [2.24, 2.45) is 4.99 Å². The quantitative estimate of drug-likeness (QED) is 0.300. The van der Waals surface area contributed by atoms with Gasteiger partial charge in [0.05, 0.1) is 35.6 Å². The van der Waals surface area contributed by atoms with Crippen molar-refractivity contribution in [2.75, 3.05) is 25.6 Å². The molecule has 5 rings (SSSR count). The van der Waals surface area contributed by atoms with Crippen molar-refractivity contribution in [3.05, 3.63) is 121 Å². The largest absolute Gasteiger partial charge is 0.497 e. The van der Waals surface area contributed by atoms with Crippen LogP contribution in [0.5, 0.6) is 11.5 Å². The number of para-hydroxylation sites is 1. The molecule has 1 atom stereocenters. The highest BCUT2D eigenvalue weighted by atomic mass is 32.1. The van der Waals surface area contributed by atoms with Gasteiger partial charge in [0.2, 0.25) is 0 Å². The van der Waals surface area contributed by atoms with Crippen molar-refractivity contribution in [3.8, 4) is 11.5 Å². The van der Waals surface area contributed by atoms with E-state index in [1.165, 1.54) is 11.3 Å². The van der Waals surface area contributed by atoms with Crippen LogP contribution in [0.4, 0.5) is 5.69 Å². The van der Waals surface area contributed by atoms with E-state index in [9.17, 15) is 14.4 Å². The molecule has 0 unspecified atom stereocenters. The Balaban J connectivity index is 1.54. The maximum atomic E-state index is 13.9. The Kier molecular flexibility index (Phi) is 8.63. The van der Waals surface area contributed by atoms with Crippen molar-refractivity contribution in [1.82, 2.24) is 4.57 Å². The zero-order chi connectivity index (χ0) is 29.6. The number of hydrogen-bond acceptors (Lipinski definition) is 8. The van der Waals surface area contributed by atoms with Crippen molar-refractivity contribution in [3.63, 3.8) is 0 Å². The Morgan fingerprint density at radius 1 is 1.02 bits per heavy atom. The summed E-state index contributed by atoms with van der Waals surface area (Å²) in [5, 5.41) is 2.95. The summed E-state index contributed by atoms with van der Waals surface area (Å²) in [4.78, 5) is 44.3. The van der Waals surface area contributed by atoms with Gasteiger partial charge in [-0.25, -0.2) is 9.79 Å². The molecule has 0 bridgehead atoms. The third kappa shape index (κ3) is 6.18. The van der Waals surface area contributed by atoms with Gasteiger partial charge in [0.1, 0.15) is 11.5 Å². The van der Waals surface area contributed by atoms with E-state index in [0.29, 0.717) is 37.8 Å². The number of ether oxygens (including phenoxy) is 3. The summed E-state index contributed by atoms with van der Waals surface area (Å²) in [6.07, 6.45) is 1.77. The number of carbonyl (C=O) groups excluding carboxylic acids is 2. The van der Waals surface area contributed by atoms with Gasteiger partial charge in [-0.05, 0) is 67.4 Å². The minimum atomic E-state index is -0.721. The van der Waals surface area contributed by atoms with Gasteiger partial charge in [-0.15, -0.1) is 0 Å². The van der Waals surface area contributed by atoms with Crippen molar-refractivity contribution in [2.45, 2.75) is 19.9 Å². The lowest BCUT2D eigenvalue weighted by Crippen LogP contribution is -2.40. The van der Waals surface area contributed by atoms with E-state index < -0.39 is 12.0 Å². The van der Waals surface area contributed by atoms with Crippen LogP contribution in [-0.4, -0.2) is 36.8 Å². The fourth-order valence-electron chi connectivity index (χ4n) is 4.62. The molecule has 0 saturated carbocycles. The highest BCUT2D eigenvalue weighted by molar-refractivity contribution is 7.07. The van der Waals surface area contributed by atoms with Crippen LogP contribution in [0, 0.1) is 0 Å². The van der Waals surface area contributed by atoms with Crippen LogP contribution in [0.2, 0.25) is 0 Å². The molecule has 214 valence electrons. The fraction of sp³-hybridized carbons (Fsp3) is 0.188. The number of anilines is 1. The second kappa shape index (κ2) is 12.7. The van der Waals surface area contributed by atoms with E-state index in [1.807, 2.05) is 42.5 Å². The van der Waals surface area contributed by atoms with Gasteiger partial charge in [0.15, 0.2) is 11.4 Å². The zero-order valence-electron chi connectivity index (χ0n) is 23.3. The summed E-state index contributed by atoms with van der Waals surface area (Å²) < 4.78 is 17.8. The number of hydrogen-bond donors (Lipinski definition) is 1. The van der Waals surface area contributed by atoms with Gasteiger partial charge >= 0.3 is 5.97 Å². The predicted molar refractivity (Wildman–Crippen MR) is 160 cm³/mol. The van der Waals surface area contributed by atoms with E-state index in [4.69, 9.17) is 14.2 Å². The normalized spacial score (nSPS) is 14.5. The van der Waals surface area contributed by atoms with Crippen molar-refractivity contribution >= 4 is 35.0 Å². The number of amides is 1. The molecule has 1 aromatic heterocycles. The zero-order valence-corrected chi connectivity index (χ0v) is 24.1. The Bertz CT molecular complexity index is 1820. The summed E-state index contributed by atoms with van der Waals surface area (Å²) in [6, 6.07) is 22.8. The summed E-state index contributed by atoms with van der Waals surface area (Å²) in [7, 11) is 1.57. The first kappa shape index (κ1) is 28.6. The molecule has 0 fully saturated rings. The van der Waals surface area contributed by atoms with Crippen molar-refractivity contribution in [1.29, 1.82) is 0 Å². The first-order valence-electron chi connectivity index (χ1n) is 13.3. The molecule has 1 N–H and O–H groups in total. The smallest absolute Gasteiger partial charge is 0.344 e. The van der Waals surface area contributed by atoms with Crippen LogP contribution in [0.1, 0.15) is 31.0 Å². The molecular weight excluding hydrogens is 554 g/mol. The number of benzene rings is 3. The number of aromatic nitrogens is 1. The Morgan fingerprint density at radius 3 is 2.50 bits per heavy atom. The molecule has 1 aliphatic rings. The van der Waals surface area contributed by atoms with Gasteiger partial charge in [-0.1, -0.05) is 53.8 Å². The van der Waals surface area contributed by atoms with E-state index in [-0.39, 0.29) is 24.7 Å². The molecule has 2 heterocycles. The maximum absolute atomic E-state index is 13.9. The second-order valence-corrected chi connectivity index (χ2v) is 10.4. The van der Waals surface area contributed by atoms with Crippen LogP contribution in [-0.2, 0) is 14.3 Å². The standard InChI is InChI=1S/C32H29N3O6S/c1-4-40-27(36)19-41-24-15-13-21(14-16-24)17-26-31(38)35-29(22-9-8-12-25(18-22)39-3)28(20(2)33-32(35)42-26)30(37)34-23-10-6-5-7-11-23/h5-18,29H,4,19H2,1-3H3,(H,34,37)/b26-17-/t29-/m0/s1. The number of rotatable bonds is 9. The van der Waals surface area contributed by atoms with Gasteiger partial charge < -0.3 is 19.5 Å². The highest BCUT2D eigenvalue weighted by Gasteiger charge is 2.32. The van der Waals surface area contributed by atoms with E-state index in [1.54, 1.807) is 68.0 Å². The molecule has 1 amide bonds. The Morgan fingerprint density at radius 2 is 1.79 bits per heavy atom. The molecule has 9 nitrogen and oxygen atoms in total. The molecule has 0 spiro atoms. The SMILES string of the molecule is CCOC(=O)COc1ccc(/C=c2\sc3n(c2=O)[C@@H](c2cccc(OC)c2)C(C(=O)Nc2ccccc2)=C(C)N=3)cc1. The van der Waals surface area contributed by atoms with Gasteiger partial charge in [0, 0.05) is 5.69 Å². The van der Waals surface area contributed by atoms with Gasteiger partial charge in [-0.3, -0.25) is 14.2 Å². The number of carbonyl (C=O) groups is 2. The number of esters is 1. The predicted octanol–water partition coefficient (Wildman–Crippen LogP) is 3.82. The Hall–Kier alpha value is -4.96. The minimum absolute atomic E-state index is 0.185. The molecule has 42 heavy (non-hydrogen) atoms. The average molecular weight is 584 g/mol. The average Bonchev–Trinajstić information content (AvgIpc) is 3.30. The van der Waals surface area contributed by atoms with Gasteiger partial charge in [0.25, 0.3) is 11.5 Å². The third-order valence-electron chi connectivity index (χ3n) is 6.55. The third-order valence-corrected chi connectivity index (χ3v) is 7.53. The van der Waals surface area contributed by atoms with Crippen LogP contribution in [0.25, 0.3) is 6.08 Å². The lowest BCUT2D eigenvalue weighted by molar-refractivity contribution is -0.145. The number of thiazole rings is 1. The first-order chi connectivity index (χ1) is 20.4. The van der Waals surface area contributed by atoms with Crippen LogP contribution >= 0.6 is 11.3 Å².